The van der Waals surface area contributed by atoms with E-state index < -0.39 is 29.7 Å². The summed E-state index contributed by atoms with van der Waals surface area (Å²) in [6.45, 7) is 5.01. The maximum Gasteiger partial charge on any atom is 0.331 e. The van der Waals surface area contributed by atoms with Gasteiger partial charge in [-0.3, -0.25) is 30.0 Å². The number of urea groups is 1. The van der Waals surface area contributed by atoms with Crippen molar-refractivity contribution in [1.82, 2.24) is 21.1 Å². The number of benzene rings is 1. The lowest BCUT2D eigenvalue weighted by atomic mass is 10.0. The number of nitrogens with zero attached hydrogens (tertiary/aromatic N) is 1. The molecule has 1 saturated heterocycles. The van der Waals surface area contributed by atoms with E-state index in [2.05, 4.69) is 22.7 Å². The molecule has 1 aromatic rings. The Bertz CT molecular complexity index is 806. The zero-order valence-corrected chi connectivity index (χ0v) is 14.7. The number of hydrogen-bond donors (Lipinski definition) is 3. The minimum Gasteiger partial charge on any atom is -0.301 e. The van der Waals surface area contributed by atoms with Gasteiger partial charge in [-0.05, 0) is 19.1 Å². The summed E-state index contributed by atoms with van der Waals surface area (Å²) < 4.78 is 0. The van der Waals surface area contributed by atoms with E-state index in [0.717, 1.165) is 4.90 Å². The van der Waals surface area contributed by atoms with Crippen LogP contribution in [-0.4, -0.2) is 35.2 Å². The molecule has 5 amide bonds. The van der Waals surface area contributed by atoms with Crippen molar-refractivity contribution in [3.05, 3.63) is 59.3 Å². The molecule has 0 radical (unpaired) electrons. The van der Waals surface area contributed by atoms with Gasteiger partial charge in [0.15, 0.2) is 5.92 Å². The average Bonchev–Trinajstić information content (AvgIpc) is 2.61. The number of hydrazine groups is 1. The largest absolute Gasteiger partial charge is 0.331 e. The molecule has 2 rings (SSSR count). The molecule has 0 spiro atoms. The molecule has 0 bridgehead atoms. The number of barbiturate groups is 1. The maximum absolute atomic E-state index is 12.5. The number of halogens is 1. The molecule has 1 unspecified atom stereocenters. The van der Waals surface area contributed by atoms with Crippen molar-refractivity contribution < 1.29 is 19.2 Å². The molecule has 26 heavy (non-hydrogen) atoms. The summed E-state index contributed by atoms with van der Waals surface area (Å²) in [6, 6.07) is 5.60. The third-order valence-corrected chi connectivity index (χ3v) is 3.95. The predicted octanol–water partition coefficient (Wildman–Crippen LogP) is 1.36. The lowest BCUT2D eigenvalue weighted by molar-refractivity contribution is -0.140. The van der Waals surface area contributed by atoms with Gasteiger partial charge in [-0.25, -0.2) is 4.79 Å². The summed E-state index contributed by atoms with van der Waals surface area (Å²) in [5, 5.41) is 2.36. The quantitative estimate of drug-likeness (QED) is 0.394. The number of imide groups is 2. The zero-order valence-electron chi connectivity index (χ0n) is 13.9. The van der Waals surface area contributed by atoms with Crippen LogP contribution in [0.2, 0.25) is 5.02 Å². The molecule has 1 fully saturated rings. The first kappa shape index (κ1) is 19.2. The molecule has 1 aliphatic heterocycles. The molecule has 9 heteroatoms. The smallest absolute Gasteiger partial charge is 0.301 e. The van der Waals surface area contributed by atoms with Gasteiger partial charge in [0.05, 0.1) is 10.6 Å². The average molecular weight is 377 g/mol. The molecular formula is C17H17ClN4O4. The van der Waals surface area contributed by atoms with E-state index in [1.54, 1.807) is 25.1 Å². The van der Waals surface area contributed by atoms with Gasteiger partial charge < -0.3 is 5.43 Å². The minimum absolute atomic E-state index is 0.0442. The molecule has 0 saturated carbocycles. The zero-order chi connectivity index (χ0) is 19.3. The maximum atomic E-state index is 12.5. The van der Waals surface area contributed by atoms with Crippen LogP contribution in [-0.2, 0) is 9.59 Å². The fourth-order valence-electron chi connectivity index (χ4n) is 2.34. The first-order chi connectivity index (χ1) is 12.4. The molecule has 1 aromatic carbocycles. The van der Waals surface area contributed by atoms with Crippen LogP contribution < -0.4 is 16.2 Å². The Balaban J connectivity index is 2.15. The van der Waals surface area contributed by atoms with Crippen molar-refractivity contribution in [3.8, 4) is 0 Å². The van der Waals surface area contributed by atoms with Gasteiger partial charge in [0.25, 0.3) is 5.91 Å². The van der Waals surface area contributed by atoms with E-state index in [1.165, 1.54) is 18.2 Å². The van der Waals surface area contributed by atoms with Crippen molar-refractivity contribution in [1.29, 1.82) is 0 Å². The van der Waals surface area contributed by atoms with Crippen molar-refractivity contribution in [2.45, 2.75) is 6.92 Å². The Hall–Kier alpha value is -3.13. The summed E-state index contributed by atoms with van der Waals surface area (Å²) in [5.41, 5.74) is 5.29. The molecule has 1 aliphatic rings. The fourth-order valence-corrected chi connectivity index (χ4v) is 2.56. The summed E-state index contributed by atoms with van der Waals surface area (Å²) >= 11 is 5.96. The van der Waals surface area contributed by atoms with Crippen LogP contribution in [0, 0.1) is 5.92 Å². The Morgan fingerprint density at radius 1 is 1.31 bits per heavy atom. The normalized spacial score (nSPS) is 17.6. The number of amides is 5. The number of nitrogens with one attached hydrogen (secondary N) is 3. The van der Waals surface area contributed by atoms with Gasteiger partial charge in [0.2, 0.25) is 11.8 Å². The first-order valence-corrected chi connectivity index (χ1v) is 8.02. The standard InChI is InChI=1S/C17H17ClN4O4/c1-3-9-22-16(25)13(15(24)19-17(22)26)12(4-2)20-21-14(23)10-7-5-6-8-11(10)18/h3-8,13,20H,1,9H2,2H3,(H,21,23)(H,19,24,26). The molecule has 0 aromatic heterocycles. The van der Waals surface area contributed by atoms with Crippen LogP contribution >= 0.6 is 11.6 Å². The van der Waals surface area contributed by atoms with Gasteiger partial charge in [-0.1, -0.05) is 35.9 Å². The van der Waals surface area contributed by atoms with Crippen LogP contribution in [0.25, 0.3) is 0 Å². The summed E-state index contributed by atoms with van der Waals surface area (Å²) in [5.74, 6) is -3.35. The first-order valence-electron chi connectivity index (χ1n) is 7.64. The van der Waals surface area contributed by atoms with Crippen molar-refractivity contribution in [2.75, 3.05) is 6.54 Å². The van der Waals surface area contributed by atoms with E-state index in [-0.39, 0.29) is 22.8 Å². The number of hydrogen-bond acceptors (Lipinski definition) is 5. The third kappa shape index (κ3) is 3.92. The molecule has 136 valence electrons. The second-order valence-electron chi connectivity index (χ2n) is 5.27. The summed E-state index contributed by atoms with van der Waals surface area (Å²) in [4.78, 5) is 49.4. The Morgan fingerprint density at radius 3 is 2.62 bits per heavy atom. The van der Waals surface area contributed by atoms with Crippen LogP contribution in [0.4, 0.5) is 4.79 Å². The number of rotatable bonds is 6. The summed E-state index contributed by atoms with van der Waals surface area (Å²) in [6.07, 6.45) is 2.82. The van der Waals surface area contributed by atoms with Crippen molar-refractivity contribution in [2.24, 2.45) is 5.92 Å². The predicted molar refractivity (Wildman–Crippen MR) is 94.7 cm³/mol. The number of allylic oxidation sites excluding steroid dienone is 1. The van der Waals surface area contributed by atoms with E-state index in [0.29, 0.717) is 0 Å². The van der Waals surface area contributed by atoms with Crippen molar-refractivity contribution >= 4 is 35.4 Å². The highest BCUT2D eigenvalue weighted by molar-refractivity contribution is 6.33. The van der Waals surface area contributed by atoms with Crippen LogP contribution in [0.5, 0.6) is 0 Å². The molecule has 0 aliphatic carbocycles. The van der Waals surface area contributed by atoms with Crippen LogP contribution in [0.15, 0.2) is 48.7 Å². The second kappa shape index (κ2) is 8.30. The van der Waals surface area contributed by atoms with Gasteiger partial charge >= 0.3 is 6.03 Å². The van der Waals surface area contributed by atoms with Gasteiger partial charge in [0.1, 0.15) is 0 Å². The fraction of sp³-hybridized carbons (Fsp3) is 0.176. The molecular weight excluding hydrogens is 360 g/mol. The number of carbonyl (C=O) groups is 4. The second-order valence-corrected chi connectivity index (χ2v) is 5.68. The molecule has 3 N–H and O–H groups in total. The minimum atomic E-state index is -1.30. The van der Waals surface area contributed by atoms with E-state index in [4.69, 9.17) is 11.6 Å². The highest BCUT2D eigenvalue weighted by Crippen LogP contribution is 2.18. The lowest BCUT2D eigenvalue weighted by Crippen LogP contribution is -2.60. The SMILES string of the molecule is C=CCN1C(=O)NC(=O)C(C(=CC)NNC(=O)c2ccccc2Cl)C1=O. The van der Waals surface area contributed by atoms with Gasteiger partial charge in [0, 0.05) is 12.2 Å². The van der Waals surface area contributed by atoms with Crippen LogP contribution in [0.3, 0.4) is 0 Å². The lowest BCUT2D eigenvalue weighted by Gasteiger charge is -2.30. The number of carbonyl (C=O) groups excluding carboxylic acids is 4. The van der Waals surface area contributed by atoms with Gasteiger partial charge in [-0.15, -0.1) is 6.58 Å². The molecule has 1 heterocycles. The monoisotopic (exact) mass is 376 g/mol. The van der Waals surface area contributed by atoms with Crippen molar-refractivity contribution in [3.63, 3.8) is 0 Å². The van der Waals surface area contributed by atoms with E-state index in [1.807, 2.05) is 0 Å². The highest BCUT2D eigenvalue weighted by Gasteiger charge is 2.42. The third-order valence-electron chi connectivity index (χ3n) is 3.62. The van der Waals surface area contributed by atoms with Crippen LogP contribution in [0.1, 0.15) is 17.3 Å². The molecule has 1 atom stereocenters. The topological polar surface area (TPSA) is 108 Å². The summed E-state index contributed by atoms with van der Waals surface area (Å²) in [7, 11) is 0. The van der Waals surface area contributed by atoms with E-state index >= 15 is 0 Å². The van der Waals surface area contributed by atoms with E-state index in [9.17, 15) is 19.2 Å². The Morgan fingerprint density at radius 2 is 2.00 bits per heavy atom. The molecule has 8 nitrogen and oxygen atoms in total. The van der Waals surface area contributed by atoms with Gasteiger partial charge in [-0.2, -0.15) is 0 Å². The Labute approximate surface area is 154 Å². The Kier molecular flexibility index (Phi) is 6.13. The highest BCUT2D eigenvalue weighted by atomic mass is 35.5.